The predicted molar refractivity (Wildman–Crippen MR) is 77.3 cm³/mol. The summed E-state index contributed by atoms with van der Waals surface area (Å²) in [5, 5.41) is 0. The van der Waals surface area contributed by atoms with Gasteiger partial charge in [-0.1, -0.05) is 6.58 Å². The number of rotatable bonds is 6. The third-order valence-electron chi connectivity index (χ3n) is 2.15. The van der Waals surface area contributed by atoms with Crippen molar-refractivity contribution < 1.29 is 31.7 Å². The van der Waals surface area contributed by atoms with Crippen LogP contribution in [-0.4, -0.2) is 38.3 Å². The molecule has 1 aromatic carbocycles. The molecule has 8 nitrogen and oxygen atoms in total. The maximum atomic E-state index is 8.74. The first kappa shape index (κ1) is 19.2. The van der Waals surface area contributed by atoms with E-state index in [1.165, 1.54) is 6.26 Å². The summed E-state index contributed by atoms with van der Waals surface area (Å²) in [6, 6.07) is 3.77. The lowest BCUT2D eigenvalue weighted by Crippen LogP contribution is -2.04. The summed E-state index contributed by atoms with van der Waals surface area (Å²) in [5.41, 5.74) is 6.56. The molecule has 0 spiro atoms. The molecule has 1 aromatic rings. The first-order valence-corrected chi connectivity index (χ1v) is 7.08. The molecule has 0 radical (unpaired) electrons. The second-order valence-electron chi connectivity index (χ2n) is 3.60. The molecule has 0 aliphatic rings. The van der Waals surface area contributed by atoms with Gasteiger partial charge in [-0.25, -0.2) is 0 Å². The normalized spacial score (nSPS) is 10.1. The fourth-order valence-corrected chi connectivity index (χ4v) is 1.44. The highest BCUT2D eigenvalue weighted by Gasteiger charge is 2.13. The Kier molecular flexibility index (Phi) is 8.39. The molecule has 0 atom stereocenters. The Morgan fingerprint density at radius 1 is 1.24 bits per heavy atom. The van der Waals surface area contributed by atoms with Crippen molar-refractivity contribution >= 4 is 10.4 Å². The Morgan fingerprint density at radius 3 is 1.95 bits per heavy atom. The third kappa shape index (κ3) is 8.15. The average Bonchev–Trinajstić information content (AvgIpc) is 2.38. The topological polar surface area (TPSA) is 128 Å². The monoisotopic (exact) mass is 321 g/mol. The van der Waals surface area contributed by atoms with E-state index in [-0.39, 0.29) is 0 Å². The summed E-state index contributed by atoms with van der Waals surface area (Å²) in [7, 11) is -1.51. The van der Waals surface area contributed by atoms with Gasteiger partial charge in [0.05, 0.1) is 20.5 Å². The van der Waals surface area contributed by atoms with E-state index in [9.17, 15) is 0 Å². The van der Waals surface area contributed by atoms with Gasteiger partial charge in [-0.05, 0) is 30.7 Å². The van der Waals surface area contributed by atoms with Gasteiger partial charge in [0.2, 0.25) is 5.75 Å². The molecule has 0 amide bonds. The van der Waals surface area contributed by atoms with Crippen LogP contribution < -0.4 is 19.9 Å². The molecule has 0 aliphatic heterocycles. The van der Waals surface area contributed by atoms with E-state index < -0.39 is 10.4 Å². The van der Waals surface area contributed by atoms with Gasteiger partial charge < -0.3 is 19.9 Å². The third-order valence-corrected chi connectivity index (χ3v) is 2.15. The van der Waals surface area contributed by atoms with Crippen molar-refractivity contribution in [2.24, 2.45) is 5.73 Å². The minimum absolute atomic E-state index is 0.528. The van der Waals surface area contributed by atoms with Crippen LogP contribution in [0.25, 0.3) is 0 Å². The highest BCUT2D eigenvalue weighted by atomic mass is 32.3. The number of methoxy groups -OCH3 is 2. The lowest BCUT2D eigenvalue weighted by Gasteiger charge is -2.13. The van der Waals surface area contributed by atoms with Gasteiger partial charge in [0, 0.05) is 0 Å². The molecule has 0 heterocycles. The molecule has 21 heavy (non-hydrogen) atoms. The van der Waals surface area contributed by atoms with Crippen molar-refractivity contribution in [1.29, 1.82) is 0 Å². The van der Waals surface area contributed by atoms with Crippen molar-refractivity contribution in [2.45, 2.75) is 6.42 Å². The molecule has 4 N–H and O–H groups in total. The number of nitrogens with two attached hydrogens (primary N) is 1. The van der Waals surface area contributed by atoms with Crippen molar-refractivity contribution in [3.63, 3.8) is 0 Å². The average molecular weight is 321 g/mol. The van der Waals surface area contributed by atoms with Crippen molar-refractivity contribution in [3.05, 3.63) is 30.5 Å². The molecular weight excluding hydrogens is 302 g/mol. The Morgan fingerprint density at radius 2 is 1.67 bits per heavy atom. The number of hydrogen-bond acceptors (Lipinski definition) is 6. The van der Waals surface area contributed by atoms with Crippen LogP contribution in [0.2, 0.25) is 0 Å². The zero-order chi connectivity index (χ0) is 16.5. The lowest BCUT2D eigenvalue weighted by molar-refractivity contribution is 0.345. The Bertz CT molecular complexity index is 524. The molecule has 0 bridgehead atoms. The standard InChI is InChI=1S/C12H17NO3.H2O4S/c1-4-16-12-10(14-2)7-9(5-6-13)8-11(12)15-3;1-5(2,3)4/h4,7-8H,1,5-6,13H2,2-3H3;(H2,1,2,3,4). The van der Waals surface area contributed by atoms with Crippen LogP contribution in [0, 0.1) is 0 Å². The van der Waals surface area contributed by atoms with Crippen molar-refractivity contribution in [1.82, 2.24) is 0 Å². The second-order valence-corrected chi connectivity index (χ2v) is 4.50. The van der Waals surface area contributed by atoms with Crippen molar-refractivity contribution in [3.8, 4) is 17.2 Å². The predicted octanol–water partition coefficient (Wildman–Crippen LogP) is 1.07. The van der Waals surface area contributed by atoms with Gasteiger partial charge in [-0.3, -0.25) is 9.11 Å². The van der Waals surface area contributed by atoms with Gasteiger partial charge in [-0.15, -0.1) is 0 Å². The van der Waals surface area contributed by atoms with E-state index in [2.05, 4.69) is 6.58 Å². The molecule has 0 aliphatic carbocycles. The molecule has 9 heteroatoms. The molecule has 0 saturated heterocycles. The van der Waals surface area contributed by atoms with E-state index in [1.54, 1.807) is 14.2 Å². The SMILES string of the molecule is C=COc1c(OC)cc(CCN)cc1OC.O=S(=O)(O)O. The van der Waals surface area contributed by atoms with Crippen LogP contribution in [-0.2, 0) is 16.8 Å². The van der Waals surface area contributed by atoms with Crippen LogP contribution in [0.4, 0.5) is 0 Å². The van der Waals surface area contributed by atoms with E-state index in [0.717, 1.165) is 12.0 Å². The Labute approximate surface area is 123 Å². The van der Waals surface area contributed by atoms with Gasteiger partial charge in [-0.2, -0.15) is 8.42 Å². The van der Waals surface area contributed by atoms with E-state index in [0.29, 0.717) is 23.8 Å². The fraction of sp³-hybridized carbons (Fsp3) is 0.333. The maximum Gasteiger partial charge on any atom is 0.394 e. The van der Waals surface area contributed by atoms with Gasteiger partial charge in [0.15, 0.2) is 11.5 Å². The maximum absolute atomic E-state index is 8.74. The minimum atomic E-state index is -4.67. The van der Waals surface area contributed by atoms with Crippen LogP contribution >= 0.6 is 0 Å². The summed E-state index contributed by atoms with van der Waals surface area (Å²) in [4.78, 5) is 0. The quantitative estimate of drug-likeness (QED) is 0.524. The highest BCUT2D eigenvalue weighted by molar-refractivity contribution is 7.79. The minimum Gasteiger partial charge on any atom is -0.493 e. The van der Waals surface area contributed by atoms with E-state index in [4.69, 9.17) is 37.5 Å². The second kappa shape index (κ2) is 9.19. The molecule has 0 saturated carbocycles. The van der Waals surface area contributed by atoms with Crippen molar-refractivity contribution in [2.75, 3.05) is 20.8 Å². The Balaban J connectivity index is 0.000000690. The molecule has 1 rings (SSSR count). The van der Waals surface area contributed by atoms with Crippen LogP contribution in [0.5, 0.6) is 17.2 Å². The number of ether oxygens (including phenoxy) is 3. The zero-order valence-electron chi connectivity index (χ0n) is 11.8. The van der Waals surface area contributed by atoms with Gasteiger partial charge in [0.1, 0.15) is 0 Å². The highest BCUT2D eigenvalue weighted by Crippen LogP contribution is 2.38. The molecule has 120 valence electrons. The molecule has 0 unspecified atom stereocenters. The molecule has 0 fully saturated rings. The summed E-state index contributed by atoms with van der Waals surface area (Å²) in [6.07, 6.45) is 2.10. The van der Waals surface area contributed by atoms with E-state index >= 15 is 0 Å². The van der Waals surface area contributed by atoms with Gasteiger partial charge in [0.25, 0.3) is 0 Å². The Hall–Kier alpha value is -1.81. The first-order valence-electron chi connectivity index (χ1n) is 5.69. The zero-order valence-corrected chi connectivity index (χ0v) is 12.6. The van der Waals surface area contributed by atoms with Crippen LogP contribution in [0.15, 0.2) is 25.0 Å². The van der Waals surface area contributed by atoms with Crippen LogP contribution in [0.1, 0.15) is 5.56 Å². The summed E-state index contributed by atoms with van der Waals surface area (Å²) < 4.78 is 47.3. The largest absolute Gasteiger partial charge is 0.493 e. The summed E-state index contributed by atoms with van der Waals surface area (Å²) in [6.45, 7) is 4.09. The van der Waals surface area contributed by atoms with Gasteiger partial charge >= 0.3 is 10.4 Å². The number of hydrogen-bond donors (Lipinski definition) is 3. The lowest BCUT2D eigenvalue weighted by atomic mass is 10.1. The molecular formula is C12H19NO7S. The first-order chi connectivity index (χ1) is 9.76. The number of benzene rings is 1. The molecule has 0 aromatic heterocycles. The van der Waals surface area contributed by atoms with Crippen LogP contribution in [0.3, 0.4) is 0 Å². The van der Waals surface area contributed by atoms with E-state index in [1.807, 2.05) is 12.1 Å². The fourth-order valence-electron chi connectivity index (χ4n) is 1.44. The smallest absolute Gasteiger partial charge is 0.394 e. The summed E-state index contributed by atoms with van der Waals surface area (Å²) >= 11 is 0. The summed E-state index contributed by atoms with van der Waals surface area (Å²) in [5.74, 6) is 1.76.